The molecule has 4 nitrogen and oxygen atoms in total. The Morgan fingerprint density at radius 3 is 2.85 bits per heavy atom. The first-order valence-electron chi connectivity index (χ1n) is 8.22. The van der Waals surface area contributed by atoms with Crippen molar-refractivity contribution in [3.63, 3.8) is 0 Å². The first kappa shape index (κ1) is 16.2. The average molecular weight is 284 g/mol. The molecule has 2 atom stereocenters. The van der Waals surface area contributed by atoms with Gasteiger partial charge in [-0.15, -0.1) is 0 Å². The normalized spacial score (nSPS) is 35.1. The highest BCUT2D eigenvalue weighted by molar-refractivity contribution is 5.01. The maximum atomic E-state index is 6.20. The number of rotatable bonds is 5. The van der Waals surface area contributed by atoms with Gasteiger partial charge in [0.25, 0.3) is 0 Å². The average Bonchev–Trinajstić information content (AvgIpc) is 2.44. The van der Waals surface area contributed by atoms with Crippen LogP contribution in [0.5, 0.6) is 0 Å². The fraction of sp³-hybridized carbons (Fsp3) is 1.00. The summed E-state index contributed by atoms with van der Waals surface area (Å²) in [5, 5.41) is 0. The smallest absolute Gasteiger partial charge is 0.0702 e. The SMILES string of the molecule is CCCOC1CCCN(C2(CN)CCOC(C)(C)C2)C1. The van der Waals surface area contributed by atoms with Crippen molar-refractivity contribution in [2.75, 3.05) is 32.8 Å². The summed E-state index contributed by atoms with van der Waals surface area (Å²) in [6.45, 7) is 11.1. The molecule has 4 heteroatoms. The number of likely N-dealkylation sites (tertiary alicyclic amines) is 1. The van der Waals surface area contributed by atoms with Crippen molar-refractivity contribution in [2.45, 2.75) is 70.1 Å². The molecule has 0 aromatic heterocycles. The third-order valence-electron chi connectivity index (χ3n) is 4.80. The quantitative estimate of drug-likeness (QED) is 0.840. The second kappa shape index (κ2) is 6.73. The molecule has 2 saturated heterocycles. The highest BCUT2D eigenvalue weighted by Crippen LogP contribution is 2.37. The number of nitrogens with zero attached hydrogens (tertiary/aromatic N) is 1. The van der Waals surface area contributed by atoms with Crippen molar-refractivity contribution in [1.82, 2.24) is 4.90 Å². The molecule has 2 unspecified atom stereocenters. The molecule has 118 valence electrons. The van der Waals surface area contributed by atoms with Crippen LogP contribution in [0.2, 0.25) is 0 Å². The Morgan fingerprint density at radius 2 is 2.20 bits per heavy atom. The second-order valence-electron chi connectivity index (χ2n) is 7.04. The van der Waals surface area contributed by atoms with E-state index in [0.29, 0.717) is 6.10 Å². The van der Waals surface area contributed by atoms with E-state index in [4.69, 9.17) is 15.2 Å². The standard InChI is InChI=1S/C16H32N2O2/c1-4-9-19-14-6-5-8-18(11-14)16(13-17)7-10-20-15(2,3)12-16/h14H,4-13,17H2,1-3H3. The van der Waals surface area contributed by atoms with Gasteiger partial charge in [-0.25, -0.2) is 0 Å². The molecule has 0 aromatic carbocycles. The van der Waals surface area contributed by atoms with E-state index in [2.05, 4.69) is 25.7 Å². The van der Waals surface area contributed by atoms with E-state index in [0.717, 1.165) is 52.1 Å². The molecule has 0 spiro atoms. The predicted octanol–water partition coefficient (Wildman–Crippen LogP) is 2.16. The van der Waals surface area contributed by atoms with Gasteiger partial charge in [0.2, 0.25) is 0 Å². The Kier molecular flexibility index (Phi) is 5.46. The topological polar surface area (TPSA) is 47.7 Å². The monoisotopic (exact) mass is 284 g/mol. The van der Waals surface area contributed by atoms with Gasteiger partial charge < -0.3 is 15.2 Å². The molecular weight excluding hydrogens is 252 g/mol. The lowest BCUT2D eigenvalue weighted by Crippen LogP contribution is -2.63. The molecule has 0 bridgehead atoms. The fourth-order valence-electron chi connectivity index (χ4n) is 3.81. The summed E-state index contributed by atoms with van der Waals surface area (Å²) in [5.74, 6) is 0. The van der Waals surface area contributed by atoms with Crippen molar-refractivity contribution in [3.8, 4) is 0 Å². The number of nitrogens with two attached hydrogens (primary N) is 1. The van der Waals surface area contributed by atoms with E-state index in [-0.39, 0.29) is 11.1 Å². The number of hydrogen-bond acceptors (Lipinski definition) is 4. The van der Waals surface area contributed by atoms with Gasteiger partial charge in [0.15, 0.2) is 0 Å². The van der Waals surface area contributed by atoms with E-state index >= 15 is 0 Å². The molecule has 0 saturated carbocycles. The minimum Gasteiger partial charge on any atom is -0.377 e. The third-order valence-corrected chi connectivity index (χ3v) is 4.80. The van der Waals surface area contributed by atoms with Crippen molar-refractivity contribution in [3.05, 3.63) is 0 Å². The van der Waals surface area contributed by atoms with Gasteiger partial charge in [-0.05, 0) is 52.5 Å². The molecule has 2 fully saturated rings. The highest BCUT2D eigenvalue weighted by atomic mass is 16.5. The predicted molar refractivity (Wildman–Crippen MR) is 81.9 cm³/mol. The Morgan fingerprint density at radius 1 is 1.40 bits per heavy atom. The third kappa shape index (κ3) is 3.73. The summed E-state index contributed by atoms with van der Waals surface area (Å²) in [6, 6.07) is 0. The van der Waals surface area contributed by atoms with Gasteiger partial charge in [0, 0.05) is 31.8 Å². The lowest BCUT2D eigenvalue weighted by molar-refractivity contribution is -0.132. The van der Waals surface area contributed by atoms with Crippen LogP contribution in [-0.2, 0) is 9.47 Å². The Bertz CT molecular complexity index is 309. The van der Waals surface area contributed by atoms with Gasteiger partial charge in [-0.2, -0.15) is 0 Å². The zero-order valence-corrected chi connectivity index (χ0v) is 13.5. The summed E-state index contributed by atoms with van der Waals surface area (Å²) in [4.78, 5) is 2.60. The van der Waals surface area contributed by atoms with Crippen LogP contribution < -0.4 is 5.73 Å². The van der Waals surface area contributed by atoms with E-state index in [1.54, 1.807) is 0 Å². The van der Waals surface area contributed by atoms with Gasteiger partial charge >= 0.3 is 0 Å². The fourth-order valence-corrected chi connectivity index (χ4v) is 3.81. The Labute approximate surface area is 124 Å². The first-order chi connectivity index (χ1) is 9.51. The maximum Gasteiger partial charge on any atom is 0.0702 e. The van der Waals surface area contributed by atoms with Crippen LogP contribution >= 0.6 is 0 Å². The van der Waals surface area contributed by atoms with E-state index in [1.165, 1.54) is 12.8 Å². The molecule has 2 rings (SSSR count). The van der Waals surface area contributed by atoms with Crippen molar-refractivity contribution in [1.29, 1.82) is 0 Å². The van der Waals surface area contributed by atoms with Gasteiger partial charge in [0.1, 0.15) is 0 Å². The molecule has 2 N–H and O–H groups in total. The summed E-state index contributed by atoms with van der Waals surface area (Å²) in [6.07, 6.45) is 5.97. The molecule has 0 radical (unpaired) electrons. The summed E-state index contributed by atoms with van der Waals surface area (Å²) < 4.78 is 11.9. The van der Waals surface area contributed by atoms with Crippen molar-refractivity contribution in [2.24, 2.45) is 5.73 Å². The van der Waals surface area contributed by atoms with Crippen LogP contribution in [0, 0.1) is 0 Å². The van der Waals surface area contributed by atoms with Crippen LogP contribution in [0.1, 0.15) is 52.9 Å². The molecule has 0 amide bonds. The van der Waals surface area contributed by atoms with Gasteiger partial charge in [-0.3, -0.25) is 4.90 Å². The van der Waals surface area contributed by atoms with Crippen LogP contribution in [0.15, 0.2) is 0 Å². The van der Waals surface area contributed by atoms with Crippen LogP contribution in [0.4, 0.5) is 0 Å². The molecule has 2 heterocycles. The minimum atomic E-state index is -0.0607. The molecule has 2 aliphatic heterocycles. The van der Waals surface area contributed by atoms with Crippen molar-refractivity contribution >= 4 is 0 Å². The second-order valence-corrected chi connectivity index (χ2v) is 7.04. The minimum absolute atomic E-state index is 0.0607. The molecule has 2 aliphatic rings. The summed E-state index contributed by atoms with van der Waals surface area (Å²) in [5.41, 5.74) is 6.24. The van der Waals surface area contributed by atoms with E-state index < -0.39 is 0 Å². The molecule has 0 aromatic rings. The van der Waals surface area contributed by atoms with E-state index in [1.807, 2.05) is 0 Å². The van der Waals surface area contributed by atoms with Gasteiger partial charge in [-0.1, -0.05) is 6.92 Å². The van der Waals surface area contributed by atoms with Gasteiger partial charge in [0.05, 0.1) is 11.7 Å². The summed E-state index contributed by atoms with van der Waals surface area (Å²) in [7, 11) is 0. The van der Waals surface area contributed by atoms with Crippen LogP contribution in [0.3, 0.4) is 0 Å². The van der Waals surface area contributed by atoms with Crippen LogP contribution in [0.25, 0.3) is 0 Å². The Balaban J connectivity index is 2.02. The first-order valence-corrected chi connectivity index (χ1v) is 8.22. The number of piperidine rings is 1. The zero-order valence-electron chi connectivity index (χ0n) is 13.5. The molecule has 0 aliphatic carbocycles. The number of ether oxygens (including phenoxy) is 2. The zero-order chi connectivity index (χ0) is 14.6. The Hall–Kier alpha value is -0.160. The van der Waals surface area contributed by atoms with Crippen LogP contribution in [-0.4, -0.2) is 55.0 Å². The lowest BCUT2D eigenvalue weighted by Gasteiger charge is -2.52. The lowest BCUT2D eigenvalue weighted by atomic mass is 9.79. The van der Waals surface area contributed by atoms with Crippen molar-refractivity contribution < 1.29 is 9.47 Å². The summed E-state index contributed by atoms with van der Waals surface area (Å²) >= 11 is 0. The van der Waals surface area contributed by atoms with E-state index in [9.17, 15) is 0 Å². The maximum absolute atomic E-state index is 6.20. The highest BCUT2D eigenvalue weighted by Gasteiger charge is 2.45. The molecule has 20 heavy (non-hydrogen) atoms. The largest absolute Gasteiger partial charge is 0.377 e. The number of hydrogen-bond donors (Lipinski definition) is 1. The molecular formula is C16H32N2O2.